The lowest BCUT2D eigenvalue weighted by atomic mass is 9.93. The van der Waals surface area contributed by atoms with Crippen LogP contribution in [-0.4, -0.2) is 63.6 Å². The number of allylic oxidation sites excluding steroid dienone is 1. The molecule has 0 saturated carbocycles. The maximum Gasteiger partial charge on any atom is 0.251 e. The van der Waals surface area contributed by atoms with Crippen LogP contribution in [0.3, 0.4) is 0 Å². The van der Waals surface area contributed by atoms with Crippen molar-refractivity contribution in [2.24, 2.45) is 16.8 Å². The Hall–Kier alpha value is -3.82. The van der Waals surface area contributed by atoms with Crippen LogP contribution in [-0.2, 0) is 24.2 Å². The van der Waals surface area contributed by atoms with Crippen LogP contribution in [0.15, 0.2) is 59.1 Å². The Morgan fingerprint density at radius 1 is 1.14 bits per heavy atom. The van der Waals surface area contributed by atoms with Gasteiger partial charge in [0.1, 0.15) is 5.02 Å². The Morgan fingerprint density at radius 3 is 2.68 bits per heavy atom. The Morgan fingerprint density at radius 2 is 1.93 bits per heavy atom. The summed E-state index contributed by atoms with van der Waals surface area (Å²) >= 11 is 6.44. The summed E-state index contributed by atoms with van der Waals surface area (Å²) in [6.45, 7) is 11.4. The lowest BCUT2D eigenvalue weighted by Gasteiger charge is -2.35. The SMILES string of the molecule is CC=N/C(C)=C(/C(=O)N1CCC(CN(C)Cc2ccc3cc2CCc2cncc(c2)Nc2ncc(Cl)c(n2)N3)CC1)C(C)C. The fourth-order valence-corrected chi connectivity index (χ4v) is 6.35. The number of carbonyl (C=O) groups excluding carboxylic acids is 1. The summed E-state index contributed by atoms with van der Waals surface area (Å²) in [4.78, 5) is 35.6. The van der Waals surface area contributed by atoms with Crippen LogP contribution in [0, 0.1) is 11.8 Å². The molecule has 9 nitrogen and oxygen atoms in total. The van der Waals surface area contributed by atoms with Gasteiger partial charge in [-0.3, -0.25) is 14.8 Å². The second kappa shape index (κ2) is 14.3. The lowest BCUT2D eigenvalue weighted by molar-refractivity contribution is -0.129. The number of pyridine rings is 1. The zero-order valence-electron chi connectivity index (χ0n) is 26.4. The maximum absolute atomic E-state index is 13.4. The molecule has 1 aromatic carbocycles. The minimum absolute atomic E-state index is 0.139. The molecular weight excluding hydrogens is 572 g/mol. The molecule has 2 aromatic heterocycles. The number of aryl methyl sites for hydroxylation is 2. The zero-order valence-corrected chi connectivity index (χ0v) is 27.2. The van der Waals surface area contributed by atoms with Crippen LogP contribution in [0.2, 0.25) is 5.02 Å². The minimum Gasteiger partial charge on any atom is -0.339 e. The van der Waals surface area contributed by atoms with Crippen molar-refractivity contribution in [2.75, 3.05) is 37.3 Å². The molecule has 0 unspecified atom stereocenters. The molecule has 2 aliphatic rings. The number of aromatic nitrogens is 3. The standard InChI is InChI=1S/C34H43ClN8O/c1-6-37-23(4)31(22(2)3)33(44)43-13-11-24(12-14-43)20-42(5)21-27-9-10-28-16-26(27)8-7-25-15-29(18-36-17-25)40-34-38-19-30(35)32(39-28)41-34/h6,9-10,15-19,22,24H,7-8,11-14,20-21H2,1-5H3,(H2,38,39,40,41)/b31-23+,37-6?. The van der Waals surface area contributed by atoms with Gasteiger partial charge in [0.2, 0.25) is 5.95 Å². The molecule has 0 spiro atoms. The normalized spacial score (nSPS) is 16.1. The van der Waals surface area contributed by atoms with Gasteiger partial charge in [-0.15, -0.1) is 0 Å². The van der Waals surface area contributed by atoms with Gasteiger partial charge in [-0.25, -0.2) is 4.98 Å². The Labute approximate surface area is 265 Å². The van der Waals surface area contributed by atoms with Gasteiger partial charge in [0, 0.05) is 55.5 Å². The van der Waals surface area contributed by atoms with Crippen LogP contribution in [0.1, 0.15) is 57.2 Å². The molecule has 10 heteroatoms. The van der Waals surface area contributed by atoms with Crippen molar-refractivity contribution >= 4 is 46.9 Å². The molecular formula is C34H43ClN8O. The molecule has 5 rings (SSSR count). The zero-order chi connectivity index (χ0) is 31.2. The monoisotopic (exact) mass is 614 g/mol. The Balaban J connectivity index is 1.26. The number of halogens is 1. The van der Waals surface area contributed by atoms with Crippen LogP contribution in [0.4, 0.5) is 23.1 Å². The molecule has 1 amide bonds. The number of hydrogen-bond acceptors (Lipinski definition) is 8. The Bertz CT molecular complexity index is 1540. The number of fused-ring (bicyclic) bond motifs is 6. The van der Waals surface area contributed by atoms with Gasteiger partial charge in [0.05, 0.1) is 18.1 Å². The number of carbonyl (C=O) groups is 1. The third-order valence-corrected chi connectivity index (χ3v) is 8.66. The van der Waals surface area contributed by atoms with E-state index >= 15 is 0 Å². The quantitative estimate of drug-likeness (QED) is 0.223. The lowest BCUT2D eigenvalue weighted by Crippen LogP contribution is -2.42. The maximum atomic E-state index is 13.4. The van der Waals surface area contributed by atoms with Crippen molar-refractivity contribution in [1.29, 1.82) is 0 Å². The van der Waals surface area contributed by atoms with Gasteiger partial charge in [-0.05, 0) is 93.3 Å². The van der Waals surface area contributed by atoms with Crippen molar-refractivity contribution in [3.8, 4) is 0 Å². The van der Waals surface area contributed by atoms with Gasteiger partial charge in [0.25, 0.3) is 5.91 Å². The first kappa shape index (κ1) is 31.6. The summed E-state index contributed by atoms with van der Waals surface area (Å²) in [5.41, 5.74) is 7.16. The van der Waals surface area contributed by atoms with Crippen LogP contribution >= 0.6 is 11.6 Å². The molecule has 1 fully saturated rings. The van der Waals surface area contributed by atoms with Crippen molar-refractivity contribution < 1.29 is 4.79 Å². The number of amides is 1. The number of nitrogens with zero attached hydrogens (tertiary/aromatic N) is 6. The van der Waals surface area contributed by atoms with E-state index in [4.69, 9.17) is 11.6 Å². The van der Waals surface area contributed by atoms with E-state index in [-0.39, 0.29) is 11.8 Å². The molecule has 6 bridgehead atoms. The van der Waals surface area contributed by atoms with Gasteiger partial charge in [-0.2, -0.15) is 4.98 Å². The van der Waals surface area contributed by atoms with Crippen molar-refractivity contribution in [3.63, 3.8) is 0 Å². The number of benzene rings is 1. The average molecular weight is 615 g/mol. The van der Waals surface area contributed by atoms with E-state index in [1.54, 1.807) is 18.6 Å². The second-order valence-electron chi connectivity index (χ2n) is 12.2. The van der Waals surface area contributed by atoms with E-state index in [0.29, 0.717) is 22.7 Å². The number of rotatable bonds is 7. The summed E-state index contributed by atoms with van der Waals surface area (Å²) in [7, 11) is 2.20. The first-order valence-corrected chi connectivity index (χ1v) is 15.9. The summed E-state index contributed by atoms with van der Waals surface area (Å²) < 4.78 is 0. The summed E-state index contributed by atoms with van der Waals surface area (Å²) in [6, 6.07) is 8.60. The number of nitrogens with one attached hydrogen (secondary N) is 2. The predicted molar refractivity (Wildman–Crippen MR) is 179 cm³/mol. The third kappa shape index (κ3) is 7.81. The van der Waals surface area contributed by atoms with E-state index < -0.39 is 0 Å². The van der Waals surface area contributed by atoms with Gasteiger partial charge in [-0.1, -0.05) is 31.5 Å². The molecule has 2 N–H and O–H groups in total. The highest BCUT2D eigenvalue weighted by Crippen LogP contribution is 2.29. The molecule has 3 aromatic rings. The van der Waals surface area contributed by atoms with Crippen molar-refractivity contribution in [3.05, 3.63) is 75.8 Å². The largest absolute Gasteiger partial charge is 0.339 e. The molecule has 4 heterocycles. The fourth-order valence-electron chi connectivity index (χ4n) is 6.21. The molecule has 2 aliphatic heterocycles. The van der Waals surface area contributed by atoms with E-state index in [2.05, 4.69) is 80.6 Å². The fraction of sp³-hybridized carbons (Fsp3) is 0.441. The third-order valence-electron chi connectivity index (χ3n) is 8.38. The molecule has 1 saturated heterocycles. The Kier molecular flexibility index (Phi) is 10.3. The van der Waals surface area contributed by atoms with Gasteiger partial charge >= 0.3 is 0 Å². The topological polar surface area (TPSA) is 98.6 Å². The van der Waals surface area contributed by atoms with E-state index in [9.17, 15) is 4.79 Å². The summed E-state index contributed by atoms with van der Waals surface area (Å²) in [6.07, 6.45) is 10.8. The van der Waals surface area contributed by atoms with E-state index in [0.717, 1.165) is 80.1 Å². The molecule has 44 heavy (non-hydrogen) atoms. The number of likely N-dealkylation sites (tertiary alicyclic amines) is 1. The number of anilines is 4. The average Bonchev–Trinajstić information content (AvgIpc) is 2.99. The van der Waals surface area contributed by atoms with Crippen molar-refractivity contribution in [1.82, 2.24) is 24.8 Å². The van der Waals surface area contributed by atoms with Crippen LogP contribution < -0.4 is 10.6 Å². The highest BCUT2D eigenvalue weighted by molar-refractivity contribution is 6.32. The summed E-state index contributed by atoms with van der Waals surface area (Å²) in [5, 5.41) is 7.09. The molecule has 232 valence electrons. The smallest absolute Gasteiger partial charge is 0.251 e. The molecule has 0 radical (unpaired) electrons. The highest BCUT2D eigenvalue weighted by atomic mass is 35.5. The van der Waals surface area contributed by atoms with Crippen LogP contribution in [0.25, 0.3) is 0 Å². The van der Waals surface area contributed by atoms with Crippen molar-refractivity contribution in [2.45, 2.75) is 59.9 Å². The first-order chi connectivity index (χ1) is 21.2. The molecule has 0 atom stereocenters. The van der Waals surface area contributed by atoms with Gasteiger partial charge < -0.3 is 20.4 Å². The van der Waals surface area contributed by atoms with E-state index in [1.807, 2.05) is 24.9 Å². The van der Waals surface area contributed by atoms with Crippen LogP contribution in [0.5, 0.6) is 0 Å². The summed E-state index contributed by atoms with van der Waals surface area (Å²) in [5.74, 6) is 1.84. The van der Waals surface area contributed by atoms with Gasteiger partial charge in [0.15, 0.2) is 5.82 Å². The number of aliphatic imine (C=N–C) groups is 1. The first-order valence-electron chi connectivity index (χ1n) is 15.5. The second-order valence-corrected chi connectivity index (χ2v) is 12.6. The predicted octanol–water partition coefficient (Wildman–Crippen LogP) is 6.80. The molecule has 0 aliphatic carbocycles. The minimum atomic E-state index is 0.139. The highest BCUT2D eigenvalue weighted by Gasteiger charge is 2.28. The van der Waals surface area contributed by atoms with E-state index in [1.165, 1.54) is 11.1 Å². The number of piperidine rings is 1. The number of hydrogen-bond donors (Lipinski definition) is 2.